The summed E-state index contributed by atoms with van der Waals surface area (Å²) in [6, 6.07) is -0.729. The molecule has 0 radical (unpaired) electrons. The highest BCUT2D eigenvalue weighted by molar-refractivity contribution is 5.70. The number of hydrogen-bond acceptors (Lipinski definition) is 7. The van der Waals surface area contributed by atoms with Gasteiger partial charge in [0.25, 0.3) is 0 Å². The van der Waals surface area contributed by atoms with Crippen LogP contribution in [0.3, 0.4) is 0 Å². The zero-order valence-electron chi connectivity index (χ0n) is 42.2. The van der Waals surface area contributed by atoms with E-state index in [4.69, 9.17) is 14.2 Å². The number of nitrogens with zero attached hydrogens (tertiary/aromatic N) is 1. The lowest BCUT2D eigenvalue weighted by atomic mass is 10.0. The van der Waals surface area contributed by atoms with E-state index in [-0.39, 0.29) is 42.7 Å². The van der Waals surface area contributed by atoms with Crippen LogP contribution in [0.25, 0.3) is 0 Å². The van der Waals surface area contributed by atoms with Crippen molar-refractivity contribution in [3.63, 3.8) is 0 Å². The third-order valence-electron chi connectivity index (χ3n) is 11.7. The number of carboxylic acids is 1. The molecular weight excluding hydrogens is 799 g/mol. The molecule has 0 aliphatic carbocycles. The lowest BCUT2D eigenvalue weighted by molar-refractivity contribution is -0.889. The van der Waals surface area contributed by atoms with Gasteiger partial charge in [0.2, 0.25) is 0 Å². The number of esters is 2. The number of carbonyl (C=O) groups is 3. The van der Waals surface area contributed by atoms with Crippen LogP contribution in [-0.4, -0.2) is 75.5 Å². The molecule has 0 aromatic rings. The topological polar surface area (TPSA) is 102 Å². The third-order valence-corrected chi connectivity index (χ3v) is 11.7. The van der Waals surface area contributed by atoms with E-state index >= 15 is 0 Å². The summed E-state index contributed by atoms with van der Waals surface area (Å²) in [5, 5.41) is 11.7. The number of rotatable bonds is 47. The molecule has 8 nitrogen and oxygen atoms in total. The summed E-state index contributed by atoms with van der Waals surface area (Å²) in [5.74, 6) is -1.74. The Morgan fingerprint density at radius 2 is 0.875 bits per heavy atom. The van der Waals surface area contributed by atoms with Crippen molar-refractivity contribution in [2.24, 2.45) is 0 Å². The van der Waals surface area contributed by atoms with Crippen molar-refractivity contribution in [3.8, 4) is 0 Å². The average molecular weight is 898 g/mol. The fourth-order valence-electron chi connectivity index (χ4n) is 7.63. The number of allylic oxidation sites excluding steroid dienone is 10. The summed E-state index contributed by atoms with van der Waals surface area (Å²) in [5.41, 5.74) is 0. The minimum atomic E-state index is -1.13. The molecule has 0 aliphatic rings. The summed E-state index contributed by atoms with van der Waals surface area (Å²) in [6.07, 6.45) is 58.2. The predicted molar refractivity (Wildman–Crippen MR) is 268 cm³/mol. The maximum atomic E-state index is 12.8. The first-order valence-electron chi connectivity index (χ1n) is 26.3. The normalized spacial score (nSPS) is 13.3. The summed E-state index contributed by atoms with van der Waals surface area (Å²) < 4.78 is 17.3. The monoisotopic (exact) mass is 898 g/mol. The molecule has 0 aromatic carbocycles. The lowest BCUT2D eigenvalue weighted by Gasteiger charge is -2.34. The molecule has 64 heavy (non-hydrogen) atoms. The van der Waals surface area contributed by atoms with Gasteiger partial charge in [0.15, 0.2) is 6.10 Å². The van der Waals surface area contributed by atoms with Crippen LogP contribution in [0.15, 0.2) is 60.8 Å². The molecule has 0 saturated carbocycles. The Balaban J connectivity index is 4.25. The molecule has 2 unspecified atom stereocenters. The van der Waals surface area contributed by atoms with Crippen molar-refractivity contribution < 1.29 is 38.2 Å². The van der Waals surface area contributed by atoms with Crippen LogP contribution in [-0.2, 0) is 28.6 Å². The van der Waals surface area contributed by atoms with E-state index in [1.807, 2.05) is 0 Å². The Morgan fingerprint density at radius 1 is 0.484 bits per heavy atom. The quantitative estimate of drug-likeness (QED) is 0.0259. The molecule has 0 amide bonds. The van der Waals surface area contributed by atoms with E-state index in [2.05, 4.69) is 74.6 Å². The van der Waals surface area contributed by atoms with Crippen molar-refractivity contribution in [2.75, 3.05) is 41.0 Å². The van der Waals surface area contributed by atoms with Crippen molar-refractivity contribution >= 4 is 17.9 Å². The molecule has 0 fully saturated rings. The zero-order valence-corrected chi connectivity index (χ0v) is 42.2. The third kappa shape index (κ3) is 44.2. The van der Waals surface area contributed by atoms with E-state index in [0.29, 0.717) is 12.8 Å². The van der Waals surface area contributed by atoms with Gasteiger partial charge in [-0.05, 0) is 57.8 Å². The molecule has 0 spiro atoms. The van der Waals surface area contributed by atoms with Crippen molar-refractivity contribution in [2.45, 2.75) is 238 Å². The van der Waals surface area contributed by atoms with Crippen LogP contribution < -0.4 is 5.11 Å². The zero-order chi connectivity index (χ0) is 47.0. The van der Waals surface area contributed by atoms with Gasteiger partial charge < -0.3 is 28.6 Å². The number of hydrogen-bond donors (Lipinski definition) is 0. The highest BCUT2D eigenvalue weighted by Gasteiger charge is 2.25. The first kappa shape index (κ1) is 61.0. The van der Waals surface area contributed by atoms with E-state index < -0.39 is 18.1 Å². The number of unbranched alkanes of at least 4 members (excludes halogenated alkanes) is 23. The van der Waals surface area contributed by atoms with Crippen molar-refractivity contribution in [1.29, 1.82) is 0 Å². The molecule has 0 saturated heterocycles. The Hall–Kier alpha value is -2.97. The number of carbonyl (C=O) groups excluding carboxylic acids is 3. The molecule has 8 heteroatoms. The fourth-order valence-corrected chi connectivity index (χ4v) is 7.63. The van der Waals surface area contributed by atoms with Gasteiger partial charge in [0.05, 0.1) is 40.3 Å². The second kappa shape index (κ2) is 46.6. The molecule has 370 valence electrons. The van der Waals surface area contributed by atoms with Gasteiger partial charge in [-0.1, -0.05) is 209 Å². The molecule has 0 aliphatic heterocycles. The largest absolute Gasteiger partial charge is 0.544 e. The first-order valence-corrected chi connectivity index (χ1v) is 26.3. The number of carboxylic acid groups (broad SMARTS) is 1. The smallest absolute Gasteiger partial charge is 0.306 e. The van der Waals surface area contributed by atoms with Crippen LogP contribution in [0.5, 0.6) is 0 Å². The molecule has 0 rings (SSSR count). The Labute approximate surface area is 394 Å². The highest BCUT2D eigenvalue weighted by Crippen LogP contribution is 2.16. The first-order chi connectivity index (χ1) is 31.1. The Morgan fingerprint density at radius 3 is 1.30 bits per heavy atom. The number of aliphatic carboxylic acids is 1. The van der Waals surface area contributed by atoms with Crippen molar-refractivity contribution in [1.82, 2.24) is 0 Å². The van der Waals surface area contributed by atoms with E-state index in [1.54, 1.807) is 21.1 Å². The van der Waals surface area contributed by atoms with Crippen LogP contribution >= 0.6 is 0 Å². The lowest BCUT2D eigenvalue weighted by Crippen LogP contribution is -2.55. The second-order valence-electron chi connectivity index (χ2n) is 18.7. The fraction of sp³-hybridized carbons (Fsp3) is 0.768. The van der Waals surface area contributed by atoms with Crippen LogP contribution in [0.2, 0.25) is 0 Å². The maximum Gasteiger partial charge on any atom is 0.306 e. The maximum absolute atomic E-state index is 12.8. The predicted octanol–water partition coefficient (Wildman–Crippen LogP) is 14.0. The molecule has 0 heterocycles. The number of likely N-dealkylation sites (N-methyl/N-ethyl adjacent to an activating group) is 1. The standard InChI is InChI=1S/C56H99NO7/c1-6-8-10-12-14-16-18-20-22-24-25-26-27-28-29-31-33-35-37-39-41-43-45-47-55(59)64-52(50-62-49-48-53(56(60)61)57(3,4)5)51-63-54(58)46-44-42-40-38-36-34-32-30-23-21-19-17-15-13-11-9-7-2/h8,10,14,16,20,22,25-26,28-29,52-53H,6-7,9,11-13,15,17-19,21,23-24,27,30-51H2,1-5H3/b10-8+,16-14+,22-20+,26-25+,29-28+. The molecule has 0 bridgehead atoms. The van der Waals surface area contributed by atoms with Crippen LogP contribution in [0.1, 0.15) is 226 Å². The SMILES string of the molecule is CC/C=C/C/C=C/C/C=C/C/C=C/C/C=C/CCCCCCCCCC(=O)OC(COCCC(C(=O)[O-])[N+](C)(C)C)COC(=O)CCCCCCCCCCCCCCCCCCC. The summed E-state index contributed by atoms with van der Waals surface area (Å²) in [6.45, 7) is 4.56. The molecule has 0 aromatic heterocycles. The number of quaternary nitrogens is 1. The Bertz CT molecular complexity index is 1230. The van der Waals surface area contributed by atoms with Crippen molar-refractivity contribution in [3.05, 3.63) is 60.8 Å². The summed E-state index contributed by atoms with van der Waals surface area (Å²) >= 11 is 0. The minimum absolute atomic E-state index is 0.0364. The summed E-state index contributed by atoms with van der Waals surface area (Å²) in [4.78, 5) is 37.1. The molecular formula is C56H99NO7. The average Bonchev–Trinajstić information content (AvgIpc) is 3.26. The van der Waals surface area contributed by atoms with Gasteiger partial charge in [0, 0.05) is 19.3 Å². The van der Waals surface area contributed by atoms with Gasteiger partial charge >= 0.3 is 11.9 Å². The van der Waals surface area contributed by atoms with E-state index in [0.717, 1.165) is 83.5 Å². The highest BCUT2D eigenvalue weighted by atomic mass is 16.6. The summed E-state index contributed by atoms with van der Waals surface area (Å²) in [7, 11) is 5.41. The number of ether oxygens (including phenoxy) is 3. The van der Waals surface area contributed by atoms with Gasteiger partial charge in [-0.3, -0.25) is 9.59 Å². The molecule has 2 atom stereocenters. The van der Waals surface area contributed by atoms with Gasteiger partial charge in [-0.25, -0.2) is 0 Å². The second-order valence-corrected chi connectivity index (χ2v) is 18.7. The van der Waals surface area contributed by atoms with Crippen LogP contribution in [0.4, 0.5) is 0 Å². The van der Waals surface area contributed by atoms with Gasteiger partial charge in [0.1, 0.15) is 12.6 Å². The minimum Gasteiger partial charge on any atom is -0.544 e. The van der Waals surface area contributed by atoms with Gasteiger partial charge in [-0.2, -0.15) is 0 Å². The van der Waals surface area contributed by atoms with Crippen LogP contribution in [0, 0.1) is 0 Å². The van der Waals surface area contributed by atoms with Gasteiger partial charge in [-0.15, -0.1) is 0 Å². The van der Waals surface area contributed by atoms with E-state index in [1.165, 1.54) is 109 Å². The Kier molecular flexibility index (Phi) is 44.4. The van der Waals surface area contributed by atoms with E-state index in [9.17, 15) is 19.5 Å². The molecule has 0 N–H and O–H groups in total.